The van der Waals surface area contributed by atoms with Gasteiger partial charge in [0.25, 0.3) is 0 Å². The van der Waals surface area contributed by atoms with Crippen molar-refractivity contribution in [2.45, 2.75) is 174 Å². The molecular weight excluding hydrogens is 701 g/mol. The Morgan fingerprint density at radius 1 is 0.574 bits per heavy atom. The number of rotatable bonds is 38. The van der Waals surface area contributed by atoms with Gasteiger partial charge in [0.1, 0.15) is 19.8 Å². The van der Waals surface area contributed by atoms with E-state index in [0.29, 0.717) is 17.4 Å². The maximum absolute atomic E-state index is 12.7. The lowest BCUT2D eigenvalue weighted by Crippen LogP contribution is -2.37. The molecule has 2 atom stereocenters. The molecule has 0 rings (SSSR count). The number of hydrogen-bond acceptors (Lipinski definition) is 7. The standard InChI is InChI=1S/C44H80NO8P/c1-6-8-10-12-14-16-18-20-22-24-26-28-30-32-34-36-43(46)50-40-42(41-52-54(48,49)51-39-38-45(3,4)5)53-44(47)37-35-33-31-29-27-25-23-21-19-17-15-13-11-9-7-2/h14-17,20-23,42H,6-13,18-19,24-41H2,1-5H3/p+1/b16-14+,17-15+,22-20-,23-21-/t42-/m1/s1. The minimum Gasteiger partial charge on any atom is -0.462 e. The predicted molar refractivity (Wildman–Crippen MR) is 224 cm³/mol. The van der Waals surface area contributed by atoms with Crippen LogP contribution in [0.25, 0.3) is 0 Å². The van der Waals surface area contributed by atoms with Crippen LogP contribution in [0.4, 0.5) is 0 Å². The molecule has 0 saturated heterocycles. The van der Waals surface area contributed by atoms with E-state index < -0.39 is 26.5 Å². The number of allylic oxidation sites excluding steroid dienone is 8. The lowest BCUT2D eigenvalue weighted by molar-refractivity contribution is -0.870. The topological polar surface area (TPSA) is 108 Å². The highest BCUT2D eigenvalue weighted by atomic mass is 31.2. The normalized spacial score (nSPS) is 14.1. The summed E-state index contributed by atoms with van der Waals surface area (Å²) in [5, 5.41) is 0. The highest BCUT2D eigenvalue weighted by Crippen LogP contribution is 2.43. The first-order valence-corrected chi connectivity index (χ1v) is 22.9. The van der Waals surface area contributed by atoms with Gasteiger partial charge in [-0.05, 0) is 77.0 Å². The molecule has 0 saturated carbocycles. The Bertz CT molecular complexity index is 1070. The minimum atomic E-state index is -4.38. The molecule has 0 spiro atoms. The third kappa shape index (κ3) is 39.7. The average molecular weight is 783 g/mol. The zero-order valence-corrected chi connectivity index (χ0v) is 36.1. The first-order chi connectivity index (χ1) is 26.0. The Kier molecular flexibility index (Phi) is 35.2. The summed E-state index contributed by atoms with van der Waals surface area (Å²) >= 11 is 0. The number of likely N-dealkylation sites (N-methyl/N-ethyl adjacent to an activating group) is 1. The minimum absolute atomic E-state index is 0.0249. The molecule has 0 aliphatic rings. The quantitative estimate of drug-likeness (QED) is 0.0217. The van der Waals surface area contributed by atoms with Crippen LogP contribution in [-0.4, -0.2) is 74.9 Å². The van der Waals surface area contributed by atoms with E-state index in [2.05, 4.69) is 62.5 Å². The molecule has 1 N–H and O–H groups in total. The number of phosphoric acid groups is 1. The van der Waals surface area contributed by atoms with E-state index in [1.165, 1.54) is 51.4 Å². The molecule has 54 heavy (non-hydrogen) atoms. The Balaban J connectivity index is 4.44. The van der Waals surface area contributed by atoms with Crippen molar-refractivity contribution in [1.82, 2.24) is 0 Å². The number of nitrogens with zero attached hydrogens (tertiary/aromatic N) is 1. The van der Waals surface area contributed by atoms with E-state index in [4.69, 9.17) is 18.5 Å². The largest absolute Gasteiger partial charge is 0.472 e. The van der Waals surface area contributed by atoms with Crippen LogP contribution >= 0.6 is 7.82 Å². The molecule has 0 bridgehead atoms. The number of carbonyl (C=O) groups excluding carboxylic acids is 2. The number of unbranched alkanes of at least 4 members (excludes halogenated alkanes) is 16. The van der Waals surface area contributed by atoms with Crippen LogP contribution in [0.15, 0.2) is 48.6 Å². The maximum atomic E-state index is 12.7. The summed E-state index contributed by atoms with van der Waals surface area (Å²) in [5.74, 6) is -0.834. The number of ether oxygens (including phenoxy) is 2. The smallest absolute Gasteiger partial charge is 0.462 e. The van der Waals surface area contributed by atoms with Crippen LogP contribution in [-0.2, 0) is 32.7 Å². The summed E-state index contributed by atoms with van der Waals surface area (Å²) in [5.41, 5.74) is 0. The Morgan fingerprint density at radius 3 is 1.46 bits per heavy atom. The van der Waals surface area contributed by atoms with E-state index >= 15 is 0 Å². The van der Waals surface area contributed by atoms with E-state index in [1.807, 2.05) is 21.1 Å². The van der Waals surface area contributed by atoms with Crippen molar-refractivity contribution in [2.75, 3.05) is 47.5 Å². The third-order valence-corrected chi connectivity index (χ3v) is 9.82. The van der Waals surface area contributed by atoms with Crippen molar-refractivity contribution in [3.05, 3.63) is 48.6 Å². The molecule has 0 heterocycles. The molecule has 0 aliphatic heterocycles. The molecule has 0 radical (unpaired) electrons. The van der Waals surface area contributed by atoms with Crippen molar-refractivity contribution >= 4 is 19.8 Å². The van der Waals surface area contributed by atoms with Crippen molar-refractivity contribution in [3.63, 3.8) is 0 Å². The molecule has 0 fully saturated rings. The molecule has 1 unspecified atom stereocenters. The van der Waals surface area contributed by atoms with Gasteiger partial charge in [0.2, 0.25) is 0 Å². The van der Waals surface area contributed by atoms with Crippen LogP contribution < -0.4 is 0 Å². The van der Waals surface area contributed by atoms with Crippen LogP contribution in [0.5, 0.6) is 0 Å². The van der Waals surface area contributed by atoms with Gasteiger partial charge < -0.3 is 18.9 Å². The van der Waals surface area contributed by atoms with E-state index in [-0.39, 0.29) is 32.0 Å². The predicted octanol–water partition coefficient (Wildman–Crippen LogP) is 11.9. The molecule has 9 nitrogen and oxygen atoms in total. The second-order valence-corrected chi connectivity index (χ2v) is 16.8. The number of quaternary nitrogens is 1. The highest BCUT2D eigenvalue weighted by molar-refractivity contribution is 7.47. The van der Waals surface area contributed by atoms with Crippen molar-refractivity contribution in [2.24, 2.45) is 0 Å². The summed E-state index contributed by atoms with van der Waals surface area (Å²) in [6, 6.07) is 0. The second kappa shape index (κ2) is 36.6. The van der Waals surface area contributed by atoms with Gasteiger partial charge in [-0.2, -0.15) is 0 Å². The van der Waals surface area contributed by atoms with E-state index in [0.717, 1.165) is 83.5 Å². The molecule has 0 aromatic rings. The first-order valence-electron chi connectivity index (χ1n) is 21.4. The zero-order valence-electron chi connectivity index (χ0n) is 35.2. The van der Waals surface area contributed by atoms with Gasteiger partial charge in [0.15, 0.2) is 6.10 Å². The van der Waals surface area contributed by atoms with Crippen molar-refractivity contribution in [3.8, 4) is 0 Å². The van der Waals surface area contributed by atoms with Gasteiger partial charge in [0.05, 0.1) is 27.7 Å². The molecule has 0 aromatic carbocycles. The molecule has 10 heteroatoms. The number of phosphoric ester groups is 1. The third-order valence-electron chi connectivity index (χ3n) is 8.83. The Labute approximate surface area is 331 Å². The first kappa shape index (κ1) is 52.0. The second-order valence-electron chi connectivity index (χ2n) is 15.4. The van der Waals surface area contributed by atoms with E-state index in [9.17, 15) is 19.0 Å². The fraction of sp³-hybridized carbons (Fsp3) is 0.773. The maximum Gasteiger partial charge on any atom is 0.472 e. The lowest BCUT2D eigenvalue weighted by atomic mass is 10.1. The van der Waals surface area contributed by atoms with Gasteiger partial charge in [-0.15, -0.1) is 0 Å². The Hall–Kier alpha value is -2.03. The number of esters is 2. The Morgan fingerprint density at radius 2 is 1.00 bits per heavy atom. The van der Waals surface area contributed by atoms with Gasteiger partial charge in [0, 0.05) is 12.8 Å². The van der Waals surface area contributed by atoms with Crippen molar-refractivity contribution < 1.29 is 42.1 Å². The van der Waals surface area contributed by atoms with Crippen LogP contribution in [0.3, 0.4) is 0 Å². The molecular formula is C44H81NO8P+. The fourth-order valence-electron chi connectivity index (χ4n) is 5.43. The lowest BCUT2D eigenvalue weighted by Gasteiger charge is -2.24. The van der Waals surface area contributed by atoms with Gasteiger partial charge in [-0.1, -0.05) is 127 Å². The molecule has 0 aliphatic carbocycles. The van der Waals surface area contributed by atoms with Crippen LogP contribution in [0, 0.1) is 0 Å². The summed E-state index contributed by atoms with van der Waals surface area (Å²) < 4.78 is 34.2. The SMILES string of the molecule is CCCCC/C=C/C/C=C\CCCCCCCC(=O)OC[C@H](COP(=O)(O)OCC[N+](C)(C)C)OC(=O)CCCCCCC/C=C\C/C=C/CCCCC. The van der Waals surface area contributed by atoms with Crippen molar-refractivity contribution in [1.29, 1.82) is 0 Å². The molecule has 0 amide bonds. The van der Waals surface area contributed by atoms with Crippen LogP contribution in [0.1, 0.15) is 168 Å². The summed E-state index contributed by atoms with van der Waals surface area (Å²) in [7, 11) is 1.45. The summed E-state index contributed by atoms with van der Waals surface area (Å²) in [6.45, 7) is 4.32. The highest BCUT2D eigenvalue weighted by Gasteiger charge is 2.27. The number of carbonyl (C=O) groups is 2. The van der Waals surface area contributed by atoms with E-state index in [1.54, 1.807) is 0 Å². The monoisotopic (exact) mass is 783 g/mol. The average Bonchev–Trinajstić information content (AvgIpc) is 3.12. The molecule has 0 aromatic heterocycles. The fourth-order valence-corrected chi connectivity index (χ4v) is 6.17. The number of hydrogen-bond donors (Lipinski definition) is 1. The van der Waals surface area contributed by atoms with Gasteiger partial charge in [-0.25, -0.2) is 4.57 Å². The van der Waals surface area contributed by atoms with Crippen LogP contribution in [0.2, 0.25) is 0 Å². The van der Waals surface area contributed by atoms with Gasteiger partial charge in [-0.3, -0.25) is 18.6 Å². The van der Waals surface area contributed by atoms with Gasteiger partial charge >= 0.3 is 19.8 Å². The summed E-state index contributed by atoms with van der Waals surface area (Å²) in [4.78, 5) is 35.3. The summed E-state index contributed by atoms with van der Waals surface area (Å²) in [6.07, 6.45) is 41.5. The molecule has 314 valence electrons. The zero-order chi connectivity index (χ0) is 40.0.